The lowest BCUT2D eigenvalue weighted by Crippen LogP contribution is -2.49. The van der Waals surface area contributed by atoms with Gasteiger partial charge in [-0.25, -0.2) is 4.79 Å². The summed E-state index contributed by atoms with van der Waals surface area (Å²) in [7, 11) is 0. The number of rotatable bonds is 4. The van der Waals surface area contributed by atoms with Crippen molar-refractivity contribution < 1.29 is 24.6 Å². The van der Waals surface area contributed by atoms with E-state index < -0.39 is 12.1 Å². The first-order valence-electron chi connectivity index (χ1n) is 7.18. The molecule has 2 N–H and O–H groups in total. The van der Waals surface area contributed by atoms with E-state index in [4.69, 9.17) is 5.11 Å². The Balaban J connectivity index is 1.95. The number of nitrogens with zero attached hydrogens (tertiary/aromatic N) is 1. The average Bonchev–Trinajstić information content (AvgIpc) is 2.38. The molecule has 6 heteroatoms. The van der Waals surface area contributed by atoms with Crippen molar-refractivity contribution in [3.63, 3.8) is 0 Å². The Hall–Kier alpha value is -1.43. The van der Waals surface area contributed by atoms with E-state index >= 15 is 0 Å². The van der Waals surface area contributed by atoms with Gasteiger partial charge in [-0.05, 0) is 18.3 Å². The lowest BCUT2D eigenvalue weighted by molar-refractivity contribution is -0.157. The molecule has 0 radical (unpaired) electrons. The minimum absolute atomic E-state index is 0.0127. The Labute approximate surface area is 117 Å². The summed E-state index contributed by atoms with van der Waals surface area (Å²) in [4.78, 5) is 35.9. The highest BCUT2D eigenvalue weighted by molar-refractivity contribution is 5.98. The van der Waals surface area contributed by atoms with E-state index in [1.165, 1.54) is 6.42 Å². The molecule has 1 aliphatic heterocycles. The van der Waals surface area contributed by atoms with Crippen molar-refractivity contribution in [2.24, 2.45) is 5.41 Å². The first-order valence-corrected chi connectivity index (χ1v) is 7.18. The summed E-state index contributed by atoms with van der Waals surface area (Å²) in [6, 6.07) is 0. The standard InChI is InChI=1S/C14H21NO5/c16-10(13(19)20)4-7-15-11(17)8-14(9-12(15)18)5-2-1-3-6-14/h10,16H,1-9H2,(H,19,20). The topological polar surface area (TPSA) is 94.9 Å². The van der Waals surface area contributed by atoms with E-state index in [-0.39, 0.29) is 30.2 Å². The number of carbonyl (C=O) groups is 3. The van der Waals surface area contributed by atoms with Crippen molar-refractivity contribution >= 4 is 17.8 Å². The first-order chi connectivity index (χ1) is 9.43. The quantitative estimate of drug-likeness (QED) is 0.748. The van der Waals surface area contributed by atoms with Crippen molar-refractivity contribution in [1.82, 2.24) is 4.90 Å². The molecule has 2 fully saturated rings. The molecule has 1 saturated carbocycles. The van der Waals surface area contributed by atoms with Crippen molar-refractivity contribution in [2.45, 2.75) is 57.5 Å². The monoisotopic (exact) mass is 283 g/mol. The van der Waals surface area contributed by atoms with Gasteiger partial charge in [0.15, 0.2) is 6.10 Å². The molecule has 0 aromatic heterocycles. The van der Waals surface area contributed by atoms with Crippen LogP contribution in [0.4, 0.5) is 0 Å². The number of amides is 2. The fourth-order valence-corrected chi connectivity index (χ4v) is 3.31. The van der Waals surface area contributed by atoms with Gasteiger partial charge in [0.05, 0.1) is 0 Å². The molecular formula is C14H21NO5. The van der Waals surface area contributed by atoms with E-state index in [2.05, 4.69) is 0 Å². The maximum atomic E-state index is 12.1. The lowest BCUT2D eigenvalue weighted by atomic mass is 9.67. The van der Waals surface area contributed by atoms with Gasteiger partial charge < -0.3 is 10.2 Å². The zero-order valence-corrected chi connectivity index (χ0v) is 11.5. The molecule has 1 saturated heterocycles. The van der Waals surface area contributed by atoms with Gasteiger partial charge in [-0.2, -0.15) is 0 Å². The Bertz CT molecular complexity index is 394. The number of piperidine rings is 1. The number of likely N-dealkylation sites (tertiary alicyclic amines) is 1. The molecule has 6 nitrogen and oxygen atoms in total. The maximum Gasteiger partial charge on any atom is 0.332 e. The van der Waals surface area contributed by atoms with Gasteiger partial charge in [0.25, 0.3) is 0 Å². The zero-order valence-electron chi connectivity index (χ0n) is 11.5. The summed E-state index contributed by atoms with van der Waals surface area (Å²) in [6.07, 6.45) is 4.27. The minimum Gasteiger partial charge on any atom is -0.479 e. The van der Waals surface area contributed by atoms with Crippen LogP contribution in [-0.2, 0) is 14.4 Å². The third kappa shape index (κ3) is 3.17. The Morgan fingerprint density at radius 1 is 1.15 bits per heavy atom. The van der Waals surface area contributed by atoms with Crippen molar-refractivity contribution in [1.29, 1.82) is 0 Å². The number of aliphatic hydroxyl groups excluding tert-OH is 1. The summed E-state index contributed by atoms with van der Waals surface area (Å²) in [6.45, 7) is -0.0127. The van der Waals surface area contributed by atoms with Gasteiger partial charge >= 0.3 is 5.97 Å². The number of aliphatic hydroxyl groups is 1. The normalized spacial score (nSPS) is 23.9. The molecular weight excluding hydrogens is 262 g/mol. The molecule has 1 heterocycles. The van der Waals surface area contributed by atoms with Gasteiger partial charge in [0.1, 0.15) is 0 Å². The number of hydrogen-bond donors (Lipinski definition) is 2. The Kier molecular flexibility index (Phi) is 4.42. The summed E-state index contributed by atoms with van der Waals surface area (Å²) in [5.41, 5.74) is -0.158. The summed E-state index contributed by atoms with van der Waals surface area (Å²) < 4.78 is 0. The minimum atomic E-state index is -1.53. The van der Waals surface area contributed by atoms with E-state index in [1.807, 2.05) is 0 Å². The molecule has 2 aliphatic rings. The fraction of sp³-hybridized carbons (Fsp3) is 0.786. The van der Waals surface area contributed by atoms with Crippen LogP contribution in [0.3, 0.4) is 0 Å². The number of hydrogen-bond acceptors (Lipinski definition) is 4. The van der Waals surface area contributed by atoms with Crippen LogP contribution in [0, 0.1) is 5.41 Å². The van der Waals surface area contributed by atoms with Crippen LogP contribution in [0.5, 0.6) is 0 Å². The van der Waals surface area contributed by atoms with E-state index in [9.17, 15) is 19.5 Å². The molecule has 20 heavy (non-hydrogen) atoms. The summed E-state index contributed by atoms with van der Waals surface area (Å²) in [5, 5.41) is 17.8. The third-order valence-corrected chi connectivity index (χ3v) is 4.48. The van der Waals surface area contributed by atoms with E-state index in [0.717, 1.165) is 30.6 Å². The van der Waals surface area contributed by atoms with Crippen LogP contribution >= 0.6 is 0 Å². The van der Waals surface area contributed by atoms with Gasteiger partial charge in [-0.3, -0.25) is 14.5 Å². The van der Waals surface area contributed by atoms with E-state index in [0.29, 0.717) is 12.8 Å². The lowest BCUT2D eigenvalue weighted by Gasteiger charge is -2.42. The number of carboxylic acid groups (broad SMARTS) is 1. The second-order valence-corrected chi connectivity index (χ2v) is 6.00. The highest BCUT2D eigenvalue weighted by atomic mass is 16.4. The number of imide groups is 1. The molecule has 0 aromatic rings. The van der Waals surface area contributed by atoms with Crippen LogP contribution < -0.4 is 0 Å². The molecule has 2 amide bonds. The number of aliphatic carboxylic acids is 1. The van der Waals surface area contributed by atoms with Crippen LogP contribution in [0.1, 0.15) is 51.4 Å². The second-order valence-electron chi connectivity index (χ2n) is 6.00. The summed E-state index contributed by atoms with van der Waals surface area (Å²) in [5.74, 6) is -1.77. The van der Waals surface area contributed by atoms with Crippen LogP contribution in [0.15, 0.2) is 0 Å². The van der Waals surface area contributed by atoms with E-state index in [1.54, 1.807) is 0 Å². The third-order valence-electron chi connectivity index (χ3n) is 4.48. The number of carboxylic acids is 1. The Morgan fingerprint density at radius 3 is 2.20 bits per heavy atom. The highest BCUT2D eigenvalue weighted by Gasteiger charge is 2.43. The maximum absolute atomic E-state index is 12.1. The van der Waals surface area contributed by atoms with Crippen molar-refractivity contribution in [2.75, 3.05) is 6.54 Å². The first kappa shape index (κ1) is 15.0. The molecule has 112 valence electrons. The predicted octanol–water partition coefficient (Wildman–Crippen LogP) is 0.921. The summed E-state index contributed by atoms with van der Waals surface area (Å²) >= 11 is 0. The molecule has 1 atom stereocenters. The van der Waals surface area contributed by atoms with Crippen LogP contribution in [0.2, 0.25) is 0 Å². The molecule has 2 rings (SSSR count). The number of carbonyl (C=O) groups excluding carboxylic acids is 2. The van der Waals surface area contributed by atoms with Crippen LogP contribution in [0.25, 0.3) is 0 Å². The van der Waals surface area contributed by atoms with Crippen molar-refractivity contribution in [3.8, 4) is 0 Å². The van der Waals surface area contributed by atoms with Gasteiger partial charge in [0.2, 0.25) is 11.8 Å². The molecule has 1 unspecified atom stereocenters. The smallest absolute Gasteiger partial charge is 0.332 e. The average molecular weight is 283 g/mol. The molecule has 1 spiro atoms. The highest BCUT2D eigenvalue weighted by Crippen LogP contribution is 2.45. The Morgan fingerprint density at radius 2 is 1.70 bits per heavy atom. The van der Waals surface area contributed by atoms with Crippen molar-refractivity contribution in [3.05, 3.63) is 0 Å². The van der Waals surface area contributed by atoms with Gasteiger partial charge in [0, 0.05) is 25.8 Å². The zero-order chi connectivity index (χ0) is 14.8. The fourth-order valence-electron chi connectivity index (χ4n) is 3.31. The predicted molar refractivity (Wildman–Crippen MR) is 69.7 cm³/mol. The largest absolute Gasteiger partial charge is 0.479 e. The van der Waals surface area contributed by atoms with Gasteiger partial charge in [-0.15, -0.1) is 0 Å². The van der Waals surface area contributed by atoms with Crippen LogP contribution in [-0.4, -0.2) is 45.5 Å². The van der Waals surface area contributed by atoms with Gasteiger partial charge in [-0.1, -0.05) is 19.3 Å². The molecule has 1 aliphatic carbocycles. The molecule has 0 bridgehead atoms. The second kappa shape index (κ2) is 5.91. The SMILES string of the molecule is O=C(O)C(O)CCN1C(=O)CC2(CCCCC2)CC1=O. The molecule has 0 aromatic carbocycles.